The molecule has 0 aromatic heterocycles. The minimum Gasteiger partial charge on any atom is -0.481 e. The lowest BCUT2D eigenvalue weighted by atomic mass is 9.42. The summed E-state index contributed by atoms with van der Waals surface area (Å²) < 4.78 is 0. The summed E-state index contributed by atoms with van der Waals surface area (Å²) in [4.78, 5) is 23.3. The monoisotopic (exact) mass is 388 g/mol. The van der Waals surface area contributed by atoms with E-state index >= 15 is 0 Å². The second-order valence-corrected chi connectivity index (χ2v) is 11.5. The minimum atomic E-state index is -0.651. The van der Waals surface area contributed by atoms with Crippen LogP contribution in [0.5, 0.6) is 0 Å². The summed E-state index contributed by atoms with van der Waals surface area (Å²) in [5.74, 6) is 4.63. The van der Waals surface area contributed by atoms with Crippen LogP contribution >= 0.6 is 0 Å². The molecule has 4 saturated carbocycles. The second-order valence-electron chi connectivity index (χ2n) is 11.5. The van der Waals surface area contributed by atoms with Crippen molar-refractivity contribution in [2.45, 2.75) is 91.9 Å². The number of carboxylic acid groups (broad SMARTS) is 1. The molecule has 0 aliphatic heterocycles. The Bertz CT molecular complexity index is 642. The first-order valence-electron chi connectivity index (χ1n) is 11.9. The zero-order chi connectivity index (χ0) is 20.3. The molecule has 0 amide bonds. The highest BCUT2D eigenvalue weighted by Gasteiger charge is 2.61. The number of carbonyl (C=O) groups is 2. The molecule has 0 radical (unpaired) electrons. The summed E-state index contributed by atoms with van der Waals surface area (Å²) in [6, 6.07) is 0. The topological polar surface area (TPSA) is 54.4 Å². The average Bonchev–Trinajstić information content (AvgIpc) is 2.98. The molecule has 1 unspecified atom stereocenters. The highest BCUT2D eigenvalue weighted by atomic mass is 16.4. The maximum Gasteiger partial charge on any atom is 0.303 e. The number of rotatable bonds is 4. The highest BCUT2D eigenvalue weighted by molar-refractivity contribution is 5.80. The molecule has 3 heteroatoms. The molecule has 1 N–H and O–H groups in total. The molecule has 0 spiro atoms. The first-order chi connectivity index (χ1) is 13.2. The molecule has 3 nitrogen and oxygen atoms in total. The van der Waals surface area contributed by atoms with Crippen molar-refractivity contribution < 1.29 is 14.7 Å². The maximum atomic E-state index is 12.2. The zero-order valence-electron chi connectivity index (χ0n) is 18.4. The van der Waals surface area contributed by atoms with Gasteiger partial charge >= 0.3 is 5.97 Å². The number of carboxylic acids is 1. The highest BCUT2D eigenvalue weighted by Crippen LogP contribution is 2.69. The Morgan fingerprint density at radius 1 is 1.11 bits per heavy atom. The summed E-state index contributed by atoms with van der Waals surface area (Å²) in [6.45, 7) is 9.74. The molecule has 28 heavy (non-hydrogen) atoms. The summed E-state index contributed by atoms with van der Waals surface area (Å²) in [5, 5.41) is 9.11. The van der Waals surface area contributed by atoms with Gasteiger partial charge in [0.1, 0.15) is 5.78 Å². The number of aliphatic carboxylic acids is 1. The van der Waals surface area contributed by atoms with Crippen LogP contribution in [0, 0.1) is 52.3 Å². The normalized spacial score (nSPS) is 49.1. The van der Waals surface area contributed by atoms with Crippen LogP contribution in [-0.2, 0) is 9.59 Å². The average molecular weight is 389 g/mol. The molecule has 4 rings (SSSR count). The van der Waals surface area contributed by atoms with Crippen molar-refractivity contribution >= 4 is 11.8 Å². The van der Waals surface area contributed by atoms with E-state index in [-0.39, 0.29) is 0 Å². The van der Waals surface area contributed by atoms with E-state index in [4.69, 9.17) is 5.11 Å². The fourth-order valence-corrected chi connectivity index (χ4v) is 9.01. The van der Waals surface area contributed by atoms with E-state index in [1.807, 2.05) is 0 Å². The molecule has 0 aromatic rings. The Morgan fingerprint density at radius 3 is 2.57 bits per heavy atom. The summed E-state index contributed by atoms with van der Waals surface area (Å²) in [6.07, 6.45) is 10.6. The Balaban J connectivity index is 1.55. The Kier molecular flexibility index (Phi) is 5.20. The fourth-order valence-electron chi connectivity index (χ4n) is 9.01. The van der Waals surface area contributed by atoms with Crippen molar-refractivity contribution in [3.05, 3.63) is 0 Å². The van der Waals surface area contributed by atoms with E-state index in [1.165, 1.54) is 38.5 Å². The van der Waals surface area contributed by atoms with Gasteiger partial charge in [0.05, 0.1) is 0 Å². The third kappa shape index (κ3) is 2.98. The van der Waals surface area contributed by atoms with Crippen molar-refractivity contribution in [3.8, 4) is 0 Å². The molecule has 0 heterocycles. The predicted octanol–water partition coefficient (Wildman–Crippen LogP) is 5.96. The summed E-state index contributed by atoms with van der Waals surface area (Å²) in [5.41, 5.74) is 0.751. The molecule has 158 valence electrons. The van der Waals surface area contributed by atoms with Crippen molar-refractivity contribution in [2.24, 2.45) is 52.3 Å². The molecule has 9 atom stereocenters. The minimum absolute atomic E-state index is 0.315. The van der Waals surface area contributed by atoms with Crippen molar-refractivity contribution in [3.63, 3.8) is 0 Å². The Hall–Kier alpha value is -0.860. The van der Waals surface area contributed by atoms with Crippen molar-refractivity contribution in [1.29, 1.82) is 0 Å². The molecular weight excluding hydrogens is 348 g/mol. The SMILES string of the molecule is CC1CC(=O)C[C@H]2CC[C@H]3[C@@H]4CC[C@H]([C@H](C)CCC(=O)O)[C@@]4(C)CC[C@@H]3[C@@]12C. The van der Waals surface area contributed by atoms with Crippen molar-refractivity contribution in [1.82, 2.24) is 0 Å². The lowest BCUT2D eigenvalue weighted by molar-refractivity contribution is -0.153. The summed E-state index contributed by atoms with van der Waals surface area (Å²) in [7, 11) is 0. The van der Waals surface area contributed by atoms with Gasteiger partial charge < -0.3 is 5.11 Å². The van der Waals surface area contributed by atoms with Gasteiger partial charge in [-0.2, -0.15) is 0 Å². The molecule has 0 saturated heterocycles. The van der Waals surface area contributed by atoms with Crippen LogP contribution < -0.4 is 0 Å². The van der Waals surface area contributed by atoms with Gasteiger partial charge in [0.25, 0.3) is 0 Å². The molecule has 4 aliphatic carbocycles. The number of Topliss-reactive ketones (excluding diaryl/α,β-unsaturated/α-hetero) is 1. The van der Waals surface area contributed by atoms with E-state index < -0.39 is 5.97 Å². The van der Waals surface area contributed by atoms with Crippen LogP contribution in [0.4, 0.5) is 0 Å². The molecule has 4 aliphatic rings. The zero-order valence-corrected chi connectivity index (χ0v) is 18.4. The fraction of sp³-hybridized carbons (Fsp3) is 0.920. The quantitative estimate of drug-likeness (QED) is 0.646. The number of ketones is 1. The van der Waals surface area contributed by atoms with Gasteiger partial charge in [0, 0.05) is 19.3 Å². The molecule has 4 fully saturated rings. The number of hydrogen-bond acceptors (Lipinski definition) is 2. The number of hydrogen-bond donors (Lipinski definition) is 1. The van der Waals surface area contributed by atoms with Gasteiger partial charge in [-0.1, -0.05) is 27.7 Å². The van der Waals surface area contributed by atoms with Crippen LogP contribution in [0.3, 0.4) is 0 Å². The van der Waals surface area contributed by atoms with E-state index in [2.05, 4.69) is 27.7 Å². The van der Waals surface area contributed by atoms with Crippen molar-refractivity contribution in [2.75, 3.05) is 0 Å². The second kappa shape index (κ2) is 7.13. The van der Waals surface area contributed by atoms with Crippen LogP contribution in [0.1, 0.15) is 91.9 Å². The van der Waals surface area contributed by atoms with E-state index in [9.17, 15) is 9.59 Å². The van der Waals surface area contributed by atoms with Gasteiger partial charge in [0.2, 0.25) is 0 Å². The van der Waals surface area contributed by atoms with Crippen LogP contribution in [-0.4, -0.2) is 16.9 Å². The Labute approximate surface area is 171 Å². The number of fused-ring (bicyclic) bond motifs is 5. The van der Waals surface area contributed by atoms with Gasteiger partial charge in [-0.15, -0.1) is 0 Å². The standard InChI is InChI=1S/C25H40O3/c1-15(5-10-23(27)28)20-8-9-21-19-7-6-17-14-18(26)13-16(2)25(17,4)22(19)11-12-24(20,21)3/h15-17,19-22H,5-14H2,1-4H3,(H,27,28)/t15-,16?,17-,19+,20-,21+,22+,24-,25+/m1/s1. The third-order valence-electron chi connectivity index (χ3n) is 10.6. The van der Waals surface area contributed by atoms with E-state index in [0.29, 0.717) is 46.7 Å². The first kappa shape index (κ1) is 20.4. The Morgan fingerprint density at radius 2 is 1.86 bits per heavy atom. The smallest absolute Gasteiger partial charge is 0.303 e. The van der Waals surface area contributed by atoms with Gasteiger partial charge in [0.15, 0.2) is 0 Å². The van der Waals surface area contributed by atoms with Gasteiger partial charge in [-0.25, -0.2) is 0 Å². The van der Waals surface area contributed by atoms with Crippen LogP contribution in [0.2, 0.25) is 0 Å². The number of carbonyl (C=O) groups excluding carboxylic acids is 1. The lowest BCUT2D eigenvalue weighted by Gasteiger charge is -2.62. The van der Waals surface area contributed by atoms with E-state index in [0.717, 1.165) is 37.0 Å². The third-order valence-corrected chi connectivity index (χ3v) is 10.6. The molecular formula is C25H40O3. The van der Waals surface area contributed by atoms with Gasteiger partial charge in [-0.05, 0) is 97.2 Å². The maximum absolute atomic E-state index is 12.2. The van der Waals surface area contributed by atoms with Crippen LogP contribution in [0.15, 0.2) is 0 Å². The van der Waals surface area contributed by atoms with E-state index in [1.54, 1.807) is 0 Å². The first-order valence-corrected chi connectivity index (χ1v) is 11.9. The lowest BCUT2D eigenvalue weighted by Crippen LogP contribution is -2.56. The predicted molar refractivity (Wildman–Crippen MR) is 111 cm³/mol. The molecule has 0 aromatic carbocycles. The largest absolute Gasteiger partial charge is 0.481 e. The van der Waals surface area contributed by atoms with Crippen LogP contribution in [0.25, 0.3) is 0 Å². The summed E-state index contributed by atoms with van der Waals surface area (Å²) >= 11 is 0. The molecule has 0 bridgehead atoms. The van der Waals surface area contributed by atoms with Gasteiger partial charge in [-0.3, -0.25) is 9.59 Å².